The first-order valence-electron chi connectivity index (χ1n) is 10.6. The molecule has 0 unspecified atom stereocenters. The third kappa shape index (κ3) is 4.33. The average molecular weight is 403 g/mol. The van der Waals surface area contributed by atoms with Crippen molar-refractivity contribution in [2.45, 2.75) is 34.1 Å². The molecule has 4 rings (SSSR count). The molecule has 156 valence electrons. The molecule has 0 radical (unpaired) electrons. The van der Waals surface area contributed by atoms with Gasteiger partial charge in [-0.05, 0) is 36.6 Å². The van der Waals surface area contributed by atoms with Crippen LogP contribution >= 0.6 is 0 Å². The number of nitrogens with zero attached hydrogens (tertiary/aromatic N) is 1. The van der Waals surface area contributed by atoms with Crippen LogP contribution in [0.25, 0.3) is 22.0 Å². The Bertz CT molecular complexity index is 1170. The molecule has 0 amide bonds. The number of aromatic amines is 1. The molecule has 0 spiro atoms. The highest BCUT2D eigenvalue weighted by atomic mass is 16.5. The Morgan fingerprint density at radius 2 is 1.83 bits per heavy atom. The van der Waals surface area contributed by atoms with Crippen molar-refractivity contribution >= 4 is 10.9 Å². The predicted molar refractivity (Wildman–Crippen MR) is 126 cm³/mol. The second kappa shape index (κ2) is 9.49. The van der Waals surface area contributed by atoms with Gasteiger partial charge in [-0.1, -0.05) is 63.6 Å². The lowest BCUT2D eigenvalue weighted by atomic mass is 10.0. The minimum atomic E-state index is -0.0390. The number of aromatic nitrogens is 2. The van der Waals surface area contributed by atoms with Crippen LogP contribution in [0.2, 0.25) is 0 Å². The molecule has 1 aliphatic carbocycles. The van der Waals surface area contributed by atoms with Gasteiger partial charge in [0.25, 0.3) is 5.56 Å². The summed E-state index contributed by atoms with van der Waals surface area (Å²) in [5.41, 5.74) is 3.87. The molecule has 0 saturated carbocycles. The van der Waals surface area contributed by atoms with E-state index in [1.54, 1.807) is 17.8 Å². The monoisotopic (exact) mass is 402 g/mol. The molecule has 4 heteroatoms. The predicted octanol–water partition coefficient (Wildman–Crippen LogP) is 6.36. The number of para-hydroxylation sites is 1. The number of pyridine rings is 1. The Kier molecular flexibility index (Phi) is 6.78. The van der Waals surface area contributed by atoms with Crippen LogP contribution in [0.15, 0.2) is 83.2 Å². The molecule has 2 aromatic heterocycles. The zero-order chi connectivity index (χ0) is 21.7. The van der Waals surface area contributed by atoms with Crippen molar-refractivity contribution in [1.29, 1.82) is 0 Å². The topological polar surface area (TPSA) is 47.0 Å². The van der Waals surface area contributed by atoms with Crippen LogP contribution in [0.3, 0.4) is 0 Å². The standard InChI is InChI=1S/C24H24N2O2.C2H6/c1-16(2)17-7-6-8-18(12-11-17)28-22-10-5-4-9-19(22)21-15-26(3)24(27)23-20(21)13-14-25-23;1-2/h4-6,8-16,25H,7H2,1-3H3;1-2H3. The Labute approximate surface area is 178 Å². The molecular weight excluding hydrogens is 372 g/mol. The van der Waals surface area contributed by atoms with E-state index < -0.39 is 0 Å². The lowest BCUT2D eigenvalue weighted by Crippen LogP contribution is -2.16. The molecule has 30 heavy (non-hydrogen) atoms. The zero-order valence-electron chi connectivity index (χ0n) is 18.4. The van der Waals surface area contributed by atoms with E-state index in [9.17, 15) is 4.79 Å². The first kappa shape index (κ1) is 21.4. The Balaban J connectivity index is 0.00000124. The van der Waals surface area contributed by atoms with Gasteiger partial charge in [0, 0.05) is 36.0 Å². The van der Waals surface area contributed by atoms with Gasteiger partial charge in [-0.15, -0.1) is 0 Å². The maximum Gasteiger partial charge on any atom is 0.274 e. The van der Waals surface area contributed by atoms with Gasteiger partial charge < -0.3 is 14.3 Å². The van der Waals surface area contributed by atoms with Crippen LogP contribution in [-0.2, 0) is 7.05 Å². The van der Waals surface area contributed by atoms with Gasteiger partial charge in [0.1, 0.15) is 17.0 Å². The van der Waals surface area contributed by atoms with Crippen molar-refractivity contribution in [3.63, 3.8) is 0 Å². The number of H-pyrrole nitrogens is 1. The zero-order valence-corrected chi connectivity index (χ0v) is 18.4. The van der Waals surface area contributed by atoms with Gasteiger partial charge in [0.2, 0.25) is 0 Å². The third-order valence-electron chi connectivity index (χ3n) is 5.14. The lowest BCUT2D eigenvalue weighted by Gasteiger charge is -2.13. The van der Waals surface area contributed by atoms with Gasteiger partial charge in [0.05, 0.1) is 0 Å². The van der Waals surface area contributed by atoms with Crippen molar-refractivity contribution in [3.8, 4) is 16.9 Å². The second-order valence-electron chi connectivity index (χ2n) is 7.40. The molecule has 3 aromatic rings. The number of benzene rings is 1. The molecule has 0 fully saturated rings. The number of allylic oxidation sites excluding steroid dienone is 5. The van der Waals surface area contributed by atoms with Crippen molar-refractivity contribution in [1.82, 2.24) is 9.55 Å². The van der Waals surface area contributed by atoms with E-state index in [0.29, 0.717) is 11.4 Å². The van der Waals surface area contributed by atoms with Gasteiger partial charge >= 0.3 is 0 Å². The summed E-state index contributed by atoms with van der Waals surface area (Å²) in [6.07, 6.45) is 13.0. The first-order valence-corrected chi connectivity index (χ1v) is 10.6. The smallest absolute Gasteiger partial charge is 0.274 e. The van der Waals surface area contributed by atoms with Crippen LogP contribution in [0, 0.1) is 5.92 Å². The number of fused-ring (bicyclic) bond motifs is 1. The van der Waals surface area contributed by atoms with Gasteiger partial charge in [-0.2, -0.15) is 0 Å². The normalized spacial score (nSPS) is 13.4. The largest absolute Gasteiger partial charge is 0.457 e. The summed E-state index contributed by atoms with van der Waals surface area (Å²) >= 11 is 0. The van der Waals surface area contributed by atoms with E-state index in [2.05, 4.69) is 31.0 Å². The first-order chi connectivity index (χ1) is 14.5. The Hall–Kier alpha value is -3.27. The number of hydrogen-bond acceptors (Lipinski definition) is 2. The third-order valence-corrected chi connectivity index (χ3v) is 5.14. The summed E-state index contributed by atoms with van der Waals surface area (Å²) in [7, 11) is 1.77. The molecule has 0 aliphatic heterocycles. The summed E-state index contributed by atoms with van der Waals surface area (Å²) in [6.45, 7) is 8.41. The summed E-state index contributed by atoms with van der Waals surface area (Å²) in [4.78, 5) is 15.4. The number of rotatable bonds is 4. The van der Waals surface area contributed by atoms with Crippen LogP contribution in [0.5, 0.6) is 5.75 Å². The van der Waals surface area contributed by atoms with E-state index >= 15 is 0 Å². The molecule has 1 aromatic carbocycles. The Morgan fingerprint density at radius 1 is 1.07 bits per heavy atom. The summed E-state index contributed by atoms with van der Waals surface area (Å²) in [5, 5.41) is 0.895. The molecule has 0 bridgehead atoms. The molecule has 1 aliphatic rings. The fourth-order valence-corrected chi connectivity index (χ4v) is 3.51. The summed E-state index contributed by atoms with van der Waals surface area (Å²) in [6, 6.07) is 9.88. The highest BCUT2D eigenvalue weighted by Crippen LogP contribution is 2.35. The van der Waals surface area contributed by atoms with Crippen LogP contribution in [0.4, 0.5) is 0 Å². The summed E-state index contributed by atoms with van der Waals surface area (Å²) in [5.74, 6) is 2.08. The minimum absolute atomic E-state index is 0.0390. The SMILES string of the molecule is CC.CC(C)C1=CC=C(Oc2ccccc2-c2cn(C)c(=O)c3[nH]ccc23)C=CC1. The van der Waals surface area contributed by atoms with Gasteiger partial charge in [0.15, 0.2) is 0 Å². The van der Waals surface area contributed by atoms with Crippen LogP contribution in [0.1, 0.15) is 34.1 Å². The fraction of sp³-hybridized carbons (Fsp3) is 0.269. The molecular formula is C26H30N2O2. The highest BCUT2D eigenvalue weighted by molar-refractivity contribution is 5.95. The van der Waals surface area contributed by atoms with Crippen molar-refractivity contribution in [3.05, 3.63) is 88.7 Å². The van der Waals surface area contributed by atoms with E-state index in [-0.39, 0.29) is 5.56 Å². The van der Waals surface area contributed by atoms with Crippen molar-refractivity contribution in [2.75, 3.05) is 0 Å². The summed E-state index contributed by atoms with van der Waals surface area (Å²) < 4.78 is 7.88. The molecule has 0 atom stereocenters. The quantitative estimate of drug-likeness (QED) is 0.551. The maximum absolute atomic E-state index is 12.4. The van der Waals surface area contributed by atoms with Gasteiger partial charge in [-0.25, -0.2) is 0 Å². The number of ether oxygens (including phenoxy) is 1. The van der Waals surface area contributed by atoms with Crippen LogP contribution < -0.4 is 10.3 Å². The average Bonchev–Trinajstić information content (AvgIpc) is 3.13. The highest BCUT2D eigenvalue weighted by Gasteiger charge is 2.14. The van der Waals surface area contributed by atoms with E-state index in [1.807, 2.05) is 62.5 Å². The fourth-order valence-electron chi connectivity index (χ4n) is 3.51. The van der Waals surface area contributed by atoms with Gasteiger partial charge in [-0.3, -0.25) is 4.79 Å². The van der Waals surface area contributed by atoms with Crippen LogP contribution in [-0.4, -0.2) is 9.55 Å². The second-order valence-corrected chi connectivity index (χ2v) is 7.40. The van der Waals surface area contributed by atoms with Crippen molar-refractivity contribution in [2.24, 2.45) is 13.0 Å². The Morgan fingerprint density at radius 3 is 2.60 bits per heavy atom. The molecule has 2 heterocycles. The molecule has 4 nitrogen and oxygen atoms in total. The number of nitrogens with one attached hydrogen (secondary N) is 1. The number of aryl methyl sites for hydroxylation is 1. The van der Waals surface area contributed by atoms with E-state index in [0.717, 1.165) is 34.4 Å². The minimum Gasteiger partial charge on any atom is -0.457 e. The molecule has 1 N–H and O–H groups in total. The number of hydrogen-bond donors (Lipinski definition) is 1. The van der Waals surface area contributed by atoms with E-state index in [1.165, 1.54) is 5.57 Å². The molecule has 0 saturated heterocycles. The maximum atomic E-state index is 12.4. The lowest BCUT2D eigenvalue weighted by molar-refractivity contribution is 0.446. The van der Waals surface area contributed by atoms with Crippen molar-refractivity contribution < 1.29 is 4.74 Å². The van der Waals surface area contributed by atoms with E-state index in [4.69, 9.17) is 4.74 Å².